The predicted octanol–water partition coefficient (Wildman–Crippen LogP) is 7.65. The molecule has 3 N–H and O–H groups in total. The van der Waals surface area contributed by atoms with E-state index in [0.717, 1.165) is 52.5 Å². The molecule has 270 valence electrons. The monoisotopic (exact) mass is 701 g/mol. The summed E-state index contributed by atoms with van der Waals surface area (Å²) >= 11 is 1.39. The number of anilines is 1. The van der Waals surface area contributed by atoms with E-state index < -0.39 is 24.0 Å². The maximum absolute atomic E-state index is 13.3. The van der Waals surface area contributed by atoms with Gasteiger partial charge in [0.1, 0.15) is 12.1 Å². The molecule has 0 spiro atoms. The van der Waals surface area contributed by atoms with Gasteiger partial charge in [-0.05, 0) is 73.0 Å². The minimum Gasteiger partial charge on any atom is -0.480 e. The zero-order chi connectivity index (χ0) is 35.8. The van der Waals surface area contributed by atoms with Crippen molar-refractivity contribution in [2.75, 3.05) is 18.0 Å². The third kappa shape index (κ3) is 9.71. The van der Waals surface area contributed by atoms with Crippen molar-refractivity contribution in [1.82, 2.24) is 20.6 Å². The van der Waals surface area contributed by atoms with Crippen LogP contribution in [-0.4, -0.2) is 58.0 Å². The number of hydrogen-bond acceptors (Lipinski definition) is 7. The molecule has 5 rings (SSSR count). The van der Waals surface area contributed by atoms with E-state index in [0.29, 0.717) is 10.7 Å². The zero-order valence-corrected chi connectivity index (χ0v) is 31.2. The fourth-order valence-electron chi connectivity index (χ4n) is 7.56. The number of carboxylic acids is 1. The van der Waals surface area contributed by atoms with E-state index in [4.69, 9.17) is 9.97 Å². The first kappa shape index (κ1) is 37.5. The van der Waals surface area contributed by atoms with Gasteiger partial charge in [0, 0.05) is 30.0 Å². The largest absolute Gasteiger partial charge is 0.480 e. The molecule has 3 aromatic rings. The summed E-state index contributed by atoms with van der Waals surface area (Å²) < 4.78 is 0. The van der Waals surface area contributed by atoms with Crippen LogP contribution in [0, 0.1) is 17.8 Å². The van der Waals surface area contributed by atoms with Gasteiger partial charge in [-0.15, -0.1) is 11.3 Å². The average Bonchev–Trinajstić information content (AvgIpc) is 3.63. The third-order valence-corrected chi connectivity index (χ3v) is 12.2. The summed E-state index contributed by atoms with van der Waals surface area (Å²) in [6.07, 6.45) is 15.1. The van der Waals surface area contributed by atoms with E-state index in [9.17, 15) is 19.5 Å². The summed E-state index contributed by atoms with van der Waals surface area (Å²) in [5.74, 6) is 1.31. The highest BCUT2D eigenvalue weighted by Crippen LogP contribution is 2.39. The van der Waals surface area contributed by atoms with Crippen molar-refractivity contribution in [3.63, 3.8) is 0 Å². The smallest absolute Gasteiger partial charge is 0.326 e. The van der Waals surface area contributed by atoms with Crippen molar-refractivity contribution < 1.29 is 19.5 Å². The normalized spacial score (nSPS) is 19.8. The van der Waals surface area contributed by atoms with Crippen LogP contribution in [0.25, 0.3) is 11.4 Å². The molecule has 2 amide bonds. The lowest BCUT2D eigenvalue weighted by Gasteiger charge is -2.39. The second-order valence-electron chi connectivity index (χ2n) is 15.3. The summed E-state index contributed by atoms with van der Waals surface area (Å²) in [6.45, 7) is 12.4. The number of rotatable bonds is 13. The number of carbonyl (C=O) groups is 3. The Labute approximate surface area is 301 Å². The number of carbonyl (C=O) groups excluding carboxylic acids is 2. The van der Waals surface area contributed by atoms with Crippen LogP contribution in [0.2, 0.25) is 0 Å². The van der Waals surface area contributed by atoms with Crippen molar-refractivity contribution >= 4 is 34.8 Å². The van der Waals surface area contributed by atoms with Gasteiger partial charge in [-0.2, -0.15) is 0 Å². The molecule has 1 aliphatic heterocycles. The number of aromatic nitrogens is 2. The highest BCUT2D eigenvalue weighted by atomic mass is 32.1. The van der Waals surface area contributed by atoms with Gasteiger partial charge in [0.15, 0.2) is 5.82 Å². The van der Waals surface area contributed by atoms with Crippen LogP contribution in [0.3, 0.4) is 0 Å². The van der Waals surface area contributed by atoms with E-state index in [1.165, 1.54) is 62.7 Å². The molecule has 1 saturated carbocycles. The Morgan fingerprint density at radius 3 is 2.08 bits per heavy atom. The molecule has 0 unspecified atom stereocenters. The van der Waals surface area contributed by atoms with Gasteiger partial charge in [-0.25, -0.2) is 14.8 Å². The van der Waals surface area contributed by atoms with E-state index in [1.54, 1.807) is 13.0 Å². The molecule has 0 radical (unpaired) electrons. The minimum atomic E-state index is -1.11. The van der Waals surface area contributed by atoms with Crippen LogP contribution in [0.1, 0.15) is 113 Å². The molecule has 3 heterocycles. The average molecular weight is 702 g/mol. The Balaban J connectivity index is 1.20. The Morgan fingerprint density at radius 2 is 1.52 bits per heavy atom. The molecular formula is C40H55N5O4S. The van der Waals surface area contributed by atoms with Gasteiger partial charge in [-0.3, -0.25) is 9.59 Å². The van der Waals surface area contributed by atoms with E-state index in [2.05, 4.69) is 43.2 Å². The lowest BCUT2D eigenvalue weighted by atomic mass is 9.72. The summed E-state index contributed by atoms with van der Waals surface area (Å²) in [4.78, 5) is 51.6. The number of thiophene rings is 1. The van der Waals surface area contributed by atoms with Crippen molar-refractivity contribution in [3.8, 4) is 11.4 Å². The van der Waals surface area contributed by atoms with Crippen LogP contribution >= 0.6 is 11.3 Å². The van der Waals surface area contributed by atoms with Crippen LogP contribution in [0.5, 0.6) is 0 Å². The maximum Gasteiger partial charge on any atom is 0.326 e. The second-order valence-corrected chi connectivity index (χ2v) is 16.4. The summed E-state index contributed by atoms with van der Waals surface area (Å²) in [6, 6.07) is 9.34. The predicted molar refractivity (Wildman–Crippen MR) is 201 cm³/mol. The van der Waals surface area contributed by atoms with E-state index in [-0.39, 0.29) is 24.2 Å². The molecular weight excluding hydrogens is 647 g/mol. The Morgan fingerprint density at radius 1 is 0.880 bits per heavy atom. The molecule has 9 nitrogen and oxygen atoms in total. The van der Waals surface area contributed by atoms with Crippen LogP contribution in [0.4, 0.5) is 5.69 Å². The van der Waals surface area contributed by atoms with Crippen LogP contribution < -0.4 is 15.5 Å². The van der Waals surface area contributed by atoms with Gasteiger partial charge < -0.3 is 20.6 Å². The first-order chi connectivity index (χ1) is 23.9. The number of nitrogens with zero attached hydrogens (tertiary/aromatic N) is 3. The second kappa shape index (κ2) is 16.9. The number of carboxylic acid groups (broad SMARTS) is 1. The molecule has 2 aliphatic rings. The number of amides is 2. The Bertz CT molecular complexity index is 1570. The van der Waals surface area contributed by atoms with E-state index in [1.807, 2.05) is 42.7 Å². The first-order valence-electron chi connectivity index (χ1n) is 18.6. The molecule has 0 bridgehead atoms. The fraction of sp³-hybridized carbons (Fsp3) is 0.575. The van der Waals surface area contributed by atoms with Crippen molar-refractivity contribution in [2.24, 2.45) is 17.8 Å². The molecule has 1 aliphatic carbocycles. The summed E-state index contributed by atoms with van der Waals surface area (Å²) in [5.41, 5.74) is 2.63. The number of hydrogen-bond donors (Lipinski definition) is 3. The zero-order valence-electron chi connectivity index (χ0n) is 30.4. The Hall–Kier alpha value is -3.79. The van der Waals surface area contributed by atoms with Crippen LogP contribution in [-0.2, 0) is 21.4 Å². The van der Waals surface area contributed by atoms with Gasteiger partial charge in [-0.1, -0.05) is 84.6 Å². The fourth-order valence-corrected chi connectivity index (χ4v) is 8.52. The highest BCUT2D eigenvalue weighted by Gasteiger charge is 2.31. The molecule has 2 aromatic heterocycles. The van der Waals surface area contributed by atoms with Crippen molar-refractivity contribution in [1.29, 1.82) is 0 Å². The minimum absolute atomic E-state index is 0.106. The van der Waals surface area contributed by atoms with Crippen molar-refractivity contribution in [2.45, 2.75) is 116 Å². The Kier molecular flexibility index (Phi) is 12.7. The topological polar surface area (TPSA) is 125 Å². The number of benzene rings is 1. The maximum atomic E-state index is 13.3. The third-order valence-electron chi connectivity index (χ3n) is 10.7. The number of piperidine rings is 1. The summed E-state index contributed by atoms with van der Waals surface area (Å²) in [7, 11) is 0. The lowest BCUT2D eigenvalue weighted by Crippen LogP contribution is -2.52. The lowest BCUT2D eigenvalue weighted by molar-refractivity contribution is -0.142. The van der Waals surface area contributed by atoms with Crippen LogP contribution in [0.15, 0.2) is 48.8 Å². The van der Waals surface area contributed by atoms with Gasteiger partial charge in [0.25, 0.3) is 5.91 Å². The molecule has 2 atom stereocenters. The number of aliphatic carboxylic acids is 1. The summed E-state index contributed by atoms with van der Waals surface area (Å²) in [5, 5.41) is 15.0. The van der Waals surface area contributed by atoms with Gasteiger partial charge >= 0.3 is 5.97 Å². The van der Waals surface area contributed by atoms with E-state index >= 15 is 0 Å². The SMILES string of the molecule is CCC[C@H]1CC[C@H](C2CCN(c3cnc(-c4ccc(C[C@H](NC(=O)c5ccc(C(C)(C)C)s5)C(=O)N[C@H](CC)C(=O)O)cc4)nc3)CC2)CC1. The first-order valence-corrected chi connectivity index (χ1v) is 19.4. The molecule has 1 saturated heterocycles. The molecule has 50 heavy (non-hydrogen) atoms. The quantitative estimate of drug-likeness (QED) is 0.167. The van der Waals surface area contributed by atoms with Gasteiger partial charge in [0.2, 0.25) is 5.91 Å². The molecule has 1 aromatic carbocycles. The standard InChI is InChI=1S/C40H55N5O4S/c1-6-8-26-9-13-28(14-10-26)29-19-21-45(22-20-29)31-24-41-36(42-25-31)30-15-11-27(12-16-30)23-33(37(46)43-32(7-2)39(48)49)44-38(47)34-17-18-35(50-34)40(3,4)5/h11-12,15-18,24-26,28-29,32-33H,6-10,13-14,19-23H2,1-5H3,(H,43,46)(H,44,47)(H,48,49)/t26-,28-,32-,33+/m1/s1. The highest BCUT2D eigenvalue weighted by molar-refractivity contribution is 7.14. The van der Waals surface area contributed by atoms with Crippen molar-refractivity contribution in [3.05, 3.63) is 64.1 Å². The molecule has 10 heteroatoms. The van der Waals surface area contributed by atoms with Gasteiger partial charge in [0.05, 0.1) is 23.0 Å². The number of nitrogens with one attached hydrogen (secondary N) is 2. The molecule has 2 fully saturated rings.